The summed E-state index contributed by atoms with van der Waals surface area (Å²) in [5.74, 6) is 4.02. The average Bonchev–Trinajstić information content (AvgIpc) is 3.08. The zero-order valence-corrected chi connectivity index (χ0v) is 21.4. The zero-order chi connectivity index (χ0) is 23.3. The number of hydrogen-bond acceptors (Lipinski definition) is 3. The molecule has 4 aliphatic carbocycles. The highest BCUT2D eigenvalue weighted by molar-refractivity contribution is 5.81. The van der Waals surface area contributed by atoms with E-state index in [1.54, 1.807) is 5.57 Å². The fourth-order valence-electron chi connectivity index (χ4n) is 8.71. The Morgan fingerprint density at radius 3 is 2.50 bits per heavy atom. The third-order valence-electron chi connectivity index (χ3n) is 10.5. The first kappa shape index (κ1) is 24.0. The molecule has 180 valence electrons. The molecule has 0 aliphatic heterocycles. The van der Waals surface area contributed by atoms with Gasteiger partial charge in [-0.05, 0) is 91.8 Å². The molecule has 0 aromatic heterocycles. The van der Waals surface area contributed by atoms with Crippen molar-refractivity contribution in [1.29, 1.82) is 0 Å². The summed E-state index contributed by atoms with van der Waals surface area (Å²) < 4.78 is 5.59. The zero-order valence-electron chi connectivity index (χ0n) is 21.4. The maximum absolute atomic E-state index is 13.0. The van der Waals surface area contributed by atoms with E-state index in [9.17, 15) is 9.59 Å². The van der Waals surface area contributed by atoms with E-state index in [0.717, 1.165) is 49.9 Å². The number of carbonyl (C=O) groups is 2. The predicted molar refractivity (Wildman–Crippen MR) is 129 cm³/mol. The molecule has 0 aromatic carbocycles. The Labute approximate surface area is 196 Å². The minimum atomic E-state index is -0.143. The van der Waals surface area contributed by atoms with Gasteiger partial charge in [0.05, 0.1) is 0 Å². The van der Waals surface area contributed by atoms with Crippen molar-refractivity contribution >= 4 is 11.8 Å². The Morgan fingerprint density at radius 1 is 1.06 bits per heavy atom. The Morgan fingerprint density at radius 2 is 1.81 bits per heavy atom. The van der Waals surface area contributed by atoms with Crippen LogP contribution < -0.4 is 0 Å². The summed E-state index contributed by atoms with van der Waals surface area (Å²) in [6.07, 6.45) is 13.8. The maximum Gasteiger partial charge on any atom is 0.302 e. The molecule has 3 saturated carbocycles. The van der Waals surface area contributed by atoms with E-state index in [1.165, 1.54) is 39.0 Å². The molecule has 0 radical (unpaired) electrons. The smallest absolute Gasteiger partial charge is 0.302 e. The lowest BCUT2D eigenvalue weighted by Crippen LogP contribution is -2.51. The molecular weight excluding hydrogens is 396 g/mol. The summed E-state index contributed by atoms with van der Waals surface area (Å²) in [7, 11) is 0. The normalized spacial score (nSPS) is 41.8. The first-order chi connectivity index (χ1) is 15.1. The molecule has 0 heterocycles. The number of hydrogen-bond donors (Lipinski definition) is 0. The van der Waals surface area contributed by atoms with E-state index < -0.39 is 0 Å². The van der Waals surface area contributed by atoms with Crippen LogP contribution in [0.5, 0.6) is 0 Å². The fraction of sp³-hybridized carbons (Fsp3) is 0.862. The second-order valence-electron chi connectivity index (χ2n) is 12.6. The standard InChI is InChI=1S/C29H46O3/c1-18(2)7-12-27(31)19(3)24-10-11-25-23-9-8-21-17-22(32-20(4)30)13-15-28(21,5)26(23)14-16-29(24,25)6/h8,18-19,22-26H,7,9-17H2,1-6H3/t19-,22-,23+,24-,25+,26+,28-,29+/m0/s1. The summed E-state index contributed by atoms with van der Waals surface area (Å²) in [6.45, 7) is 13.3. The van der Waals surface area contributed by atoms with Gasteiger partial charge in [-0.25, -0.2) is 0 Å². The van der Waals surface area contributed by atoms with E-state index in [1.807, 2.05) is 0 Å². The molecule has 4 aliphatic rings. The van der Waals surface area contributed by atoms with Crippen LogP contribution in [-0.2, 0) is 14.3 Å². The van der Waals surface area contributed by atoms with Crippen molar-refractivity contribution in [3.8, 4) is 0 Å². The number of allylic oxidation sites excluding steroid dienone is 1. The monoisotopic (exact) mass is 442 g/mol. The van der Waals surface area contributed by atoms with Crippen molar-refractivity contribution in [3.05, 3.63) is 11.6 Å². The SMILES string of the molecule is CC(=O)O[C@H]1CC[C@@]2(C)C(=CC[C@@H]3[C@H]4CC[C@@H]([C@H](C)C(=O)CCC(C)C)[C@@]4(C)CC[C@H]32)C1. The van der Waals surface area contributed by atoms with Crippen LogP contribution in [0.2, 0.25) is 0 Å². The van der Waals surface area contributed by atoms with Crippen LogP contribution in [0.4, 0.5) is 0 Å². The van der Waals surface area contributed by atoms with Crippen molar-refractivity contribution < 1.29 is 14.3 Å². The minimum Gasteiger partial charge on any atom is -0.462 e. The number of Topliss-reactive ketones (excluding diaryl/α,β-unsaturated/α-hetero) is 1. The van der Waals surface area contributed by atoms with Crippen molar-refractivity contribution in [2.75, 3.05) is 0 Å². The molecule has 0 unspecified atom stereocenters. The van der Waals surface area contributed by atoms with Crippen LogP contribution in [-0.4, -0.2) is 17.9 Å². The van der Waals surface area contributed by atoms with Gasteiger partial charge in [0.25, 0.3) is 0 Å². The predicted octanol–water partition coefficient (Wildman–Crippen LogP) is 7.14. The van der Waals surface area contributed by atoms with Crippen molar-refractivity contribution in [3.63, 3.8) is 0 Å². The molecule has 3 fully saturated rings. The minimum absolute atomic E-state index is 0.0748. The number of ketones is 1. The van der Waals surface area contributed by atoms with Crippen molar-refractivity contribution in [2.45, 2.75) is 112 Å². The van der Waals surface area contributed by atoms with Gasteiger partial charge >= 0.3 is 5.97 Å². The summed E-state index contributed by atoms with van der Waals surface area (Å²) in [5.41, 5.74) is 2.16. The number of rotatable bonds is 6. The lowest BCUT2D eigenvalue weighted by molar-refractivity contribution is -0.148. The highest BCUT2D eigenvalue weighted by Gasteiger charge is 2.59. The summed E-state index contributed by atoms with van der Waals surface area (Å²) >= 11 is 0. The number of ether oxygens (including phenoxy) is 1. The van der Waals surface area contributed by atoms with E-state index in [4.69, 9.17) is 4.74 Å². The van der Waals surface area contributed by atoms with Gasteiger partial charge in [-0.1, -0.05) is 46.3 Å². The summed E-state index contributed by atoms with van der Waals surface area (Å²) in [6, 6.07) is 0. The number of fused-ring (bicyclic) bond motifs is 5. The van der Waals surface area contributed by atoms with Crippen LogP contribution in [0.3, 0.4) is 0 Å². The molecule has 0 saturated heterocycles. The van der Waals surface area contributed by atoms with E-state index in [-0.39, 0.29) is 23.4 Å². The molecule has 3 heteroatoms. The highest BCUT2D eigenvalue weighted by atomic mass is 16.5. The molecule has 0 bridgehead atoms. The first-order valence-electron chi connectivity index (χ1n) is 13.5. The largest absolute Gasteiger partial charge is 0.462 e. The summed E-state index contributed by atoms with van der Waals surface area (Å²) in [4.78, 5) is 24.5. The first-order valence-corrected chi connectivity index (χ1v) is 13.5. The van der Waals surface area contributed by atoms with Gasteiger partial charge in [-0.3, -0.25) is 9.59 Å². The van der Waals surface area contributed by atoms with Gasteiger partial charge in [0.15, 0.2) is 0 Å². The Bertz CT molecular complexity index is 766. The molecular formula is C29H46O3. The van der Waals surface area contributed by atoms with Gasteiger partial charge < -0.3 is 4.74 Å². The van der Waals surface area contributed by atoms with Crippen LogP contribution in [0.25, 0.3) is 0 Å². The van der Waals surface area contributed by atoms with Gasteiger partial charge in [0.2, 0.25) is 0 Å². The topological polar surface area (TPSA) is 43.4 Å². The van der Waals surface area contributed by atoms with Gasteiger partial charge in [0.1, 0.15) is 11.9 Å². The fourth-order valence-corrected chi connectivity index (χ4v) is 8.71. The van der Waals surface area contributed by atoms with E-state index in [2.05, 4.69) is 40.7 Å². The molecule has 0 aromatic rings. The number of carbonyl (C=O) groups excluding carboxylic acids is 2. The summed E-state index contributed by atoms with van der Waals surface area (Å²) in [5, 5.41) is 0. The lowest BCUT2D eigenvalue weighted by Gasteiger charge is -2.58. The van der Waals surface area contributed by atoms with Gasteiger partial charge in [-0.15, -0.1) is 0 Å². The third kappa shape index (κ3) is 4.11. The maximum atomic E-state index is 13.0. The molecule has 0 amide bonds. The molecule has 0 N–H and O–H groups in total. The average molecular weight is 443 g/mol. The highest BCUT2D eigenvalue weighted by Crippen LogP contribution is 2.67. The number of esters is 1. The Balaban J connectivity index is 1.49. The van der Waals surface area contributed by atoms with Gasteiger partial charge in [0, 0.05) is 25.7 Å². The van der Waals surface area contributed by atoms with E-state index >= 15 is 0 Å². The Hall–Kier alpha value is -1.12. The third-order valence-corrected chi connectivity index (χ3v) is 10.5. The molecule has 32 heavy (non-hydrogen) atoms. The Kier molecular flexibility index (Phi) is 6.69. The molecule has 3 nitrogen and oxygen atoms in total. The van der Waals surface area contributed by atoms with Gasteiger partial charge in [-0.2, -0.15) is 0 Å². The second kappa shape index (κ2) is 8.91. The molecule has 8 atom stereocenters. The van der Waals surface area contributed by atoms with E-state index in [0.29, 0.717) is 23.0 Å². The van der Waals surface area contributed by atoms with Crippen LogP contribution in [0, 0.1) is 46.3 Å². The van der Waals surface area contributed by atoms with Crippen LogP contribution in [0.15, 0.2) is 11.6 Å². The molecule has 4 rings (SSSR count). The molecule has 0 spiro atoms. The second-order valence-corrected chi connectivity index (χ2v) is 12.6. The van der Waals surface area contributed by atoms with Crippen molar-refractivity contribution in [2.24, 2.45) is 46.3 Å². The van der Waals surface area contributed by atoms with Crippen LogP contribution >= 0.6 is 0 Å². The van der Waals surface area contributed by atoms with Crippen LogP contribution in [0.1, 0.15) is 106 Å². The van der Waals surface area contributed by atoms with Crippen molar-refractivity contribution in [1.82, 2.24) is 0 Å². The lowest BCUT2D eigenvalue weighted by atomic mass is 9.47. The quantitative estimate of drug-likeness (QED) is 0.324.